The van der Waals surface area contributed by atoms with Crippen LogP contribution in [0.1, 0.15) is 17.3 Å². The molecular weight excluding hydrogens is 329 g/mol. The Labute approximate surface area is 144 Å². The molecule has 0 atom stereocenters. The molecule has 2 rings (SSSR count). The number of esters is 1. The normalized spacial score (nSPS) is 10.2. The Morgan fingerprint density at radius 1 is 1.16 bits per heavy atom. The van der Waals surface area contributed by atoms with E-state index in [-0.39, 0.29) is 11.3 Å². The number of amides is 1. The molecule has 2 aromatic rings. The van der Waals surface area contributed by atoms with Crippen molar-refractivity contribution in [2.75, 3.05) is 25.2 Å². The van der Waals surface area contributed by atoms with Gasteiger partial charge in [-0.15, -0.1) is 0 Å². The summed E-state index contributed by atoms with van der Waals surface area (Å²) in [5, 5.41) is 9.74. The summed E-state index contributed by atoms with van der Waals surface area (Å²) in [5.41, 5.74) is 0.395. The van der Waals surface area contributed by atoms with Crippen molar-refractivity contribution in [1.82, 2.24) is 0 Å². The lowest BCUT2D eigenvalue weighted by Gasteiger charge is -2.21. The van der Waals surface area contributed by atoms with Crippen LogP contribution in [0.2, 0.25) is 0 Å². The molecule has 1 amide bonds. The Bertz CT molecular complexity index is 761. The number of phenolic OH excluding ortho intramolecular Hbond substituents is 1. The van der Waals surface area contributed by atoms with E-state index in [4.69, 9.17) is 9.47 Å². The maximum atomic E-state index is 13.0. The van der Waals surface area contributed by atoms with E-state index >= 15 is 0 Å². The molecule has 0 saturated carbocycles. The largest absolute Gasteiger partial charge is 0.507 e. The number of nitrogens with zero attached hydrogens (tertiary/aromatic N) is 1. The van der Waals surface area contributed by atoms with Crippen molar-refractivity contribution in [3.63, 3.8) is 0 Å². The molecule has 0 aliphatic carbocycles. The lowest BCUT2D eigenvalue weighted by molar-refractivity contribution is -0.121. The maximum Gasteiger partial charge on any atom is 0.342 e. The molecule has 0 bridgehead atoms. The number of hydrogen-bond donors (Lipinski definition) is 1. The Balaban J connectivity index is 2.05. The van der Waals surface area contributed by atoms with Gasteiger partial charge in [0.1, 0.15) is 22.9 Å². The van der Waals surface area contributed by atoms with Gasteiger partial charge >= 0.3 is 5.97 Å². The smallest absolute Gasteiger partial charge is 0.342 e. The zero-order chi connectivity index (χ0) is 18.4. The number of carbonyl (C=O) groups is 2. The molecule has 7 heteroatoms. The summed E-state index contributed by atoms with van der Waals surface area (Å²) < 4.78 is 23.0. The molecule has 6 nitrogen and oxygen atoms in total. The van der Waals surface area contributed by atoms with Crippen molar-refractivity contribution in [3.05, 3.63) is 53.8 Å². The highest BCUT2D eigenvalue weighted by Gasteiger charge is 2.19. The fourth-order valence-corrected chi connectivity index (χ4v) is 2.21. The molecule has 0 radical (unpaired) electrons. The number of ether oxygens (including phenoxy) is 2. The molecule has 1 N–H and O–H groups in total. The van der Waals surface area contributed by atoms with Crippen molar-refractivity contribution >= 4 is 17.6 Å². The molecule has 0 heterocycles. The third-order valence-electron chi connectivity index (χ3n) is 3.51. The number of benzene rings is 2. The minimum atomic E-state index is -0.847. The molecule has 132 valence electrons. The molecule has 0 aliphatic heterocycles. The Morgan fingerprint density at radius 3 is 2.44 bits per heavy atom. The van der Waals surface area contributed by atoms with Gasteiger partial charge in [-0.25, -0.2) is 9.18 Å². The van der Waals surface area contributed by atoms with Crippen LogP contribution in [-0.2, 0) is 9.53 Å². The third kappa shape index (κ3) is 4.47. The number of phenols is 1. The van der Waals surface area contributed by atoms with Crippen LogP contribution >= 0.6 is 0 Å². The Kier molecular flexibility index (Phi) is 5.94. The van der Waals surface area contributed by atoms with Crippen molar-refractivity contribution < 1.29 is 28.6 Å². The number of aromatic hydroxyl groups is 1. The zero-order valence-corrected chi connectivity index (χ0v) is 13.9. The lowest BCUT2D eigenvalue weighted by atomic mass is 10.2. The minimum Gasteiger partial charge on any atom is -0.507 e. The number of anilines is 1. The van der Waals surface area contributed by atoms with E-state index in [1.165, 1.54) is 54.5 Å². The fraction of sp³-hybridized carbons (Fsp3) is 0.222. The van der Waals surface area contributed by atoms with Crippen LogP contribution in [0, 0.1) is 5.82 Å². The maximum absolute atomic E-state index is 13.0. The Morgan fingerprint density at radius 2 is 1.84 bits per heavy atom. The average molecular weight is 347 g/mol. The zero-order valence-electron chi connectivity index (χ0n) is 13.9. The van der Waals surface area contributed by atoms with E-state index in [2.05, 4.69) is 0 Å². The second-order valence-corrected chi connectivity index (χ2v) is 5.07. The molecule has 25 heavy (non-hydrogen) atoms. The monoisotopic (exact) mass is 347 g/mol. The van der Waals surface area contributed by atoms with Crippen molar-refractivity contribution in [2.24, 2.45) is 0 Å². The number of hydrogen-bond acceptors (Lipinski definition) is 5. The first-order valence-electron chi connectivity index (χ1n) is 7.56. The number of likely N-dealkylation sites (N-methyl/N-ethyl adjacent to an activating group) is 1. The quantitative estimate of drug-likeness (QED) is 0.813. The molecular formula is C18H18FNO5. The molecule has 0 aliphatic rings. The summed E-state index contributed by atoms with van der Waals surface area (Å²) in [6.07, 6.45) is 0. The predicted octanol–water partition coefficient (Wildman–Crippen LogP) is 2.75. The highest BCUT2D eigenvalue weighted by molar-refractivity contribution is 5.98. The van der Waals surface area contributed by atoms with E-state index in [1.807, 2.05) is 0 Å². The van der Waals surface area contributed by atoms with Gasteiger partial charge in [-0.1, -0.05) is 0 Å². The molecule has 0 aromatic heterocycles. The lowest BCUT2D eigenvalue weighted by Crippen LogP contribution is -2.34. The van der Waals surface area contributed by atoms with E-state index < -0.39 is 24.3 Å². The van der Waals surface area contributed by atoms with E-state index in [9.17, 15) is 19.1 Å². The van der Waals surface area contributed by atoms with Gasteiger partial charge < -0.3 is 19.5 Å². The third-order valence-corrected chi connectivity index (χ3v) is 3.51. The van der Waals surface area contributed by atoms with Crippen LogP contribution in [0.15, 0.2) is 42.5 Å². The van der Waals surface area contributed by atoms with Gasteiger partial charge in [0, 0.05) is 12.2 Å². The molecule has 0 fully saturated rings. The van der Waals surface area contributed by atoms with Gasteiger partial charge in [-0.3, -0.25) is 4.79 Å². The van der Waals surface area contributed by atoms with Crippen molar-refractivity contribution in [2.45, 2.75) is 6.92 Å². The van der Waals surface area contributed by atoms with E-state index in [1.54, 1.807) is 6.92 Å². The predicted molar refractivity (Wildman–Crippen MR) is 89.4 cm³/mol. The van der Waals surface area contributed by atoms with Crippen LogP contribution in [0.5, 0.6) is 11.5 Å². The second-order valence-electron chi connectivity index (χ2n) is 5.07. The molecule has 0 saturated heterocycles. The SMILES string of the molecule is CCN(C(=O)COC(=O)c1cc(OC)ccc1O)c1ccc(F)cc1. The van der Waals surface area contributed by atoms with E-state index in [0.29, 0.717) is 18.0 Å². The first-order valence-corrected chi connectivity index (χ1v) is 7.56. The average Bonchev–Trinajstić information content (AvgIpc) is 2.62. The summed E-state index contributed by atoms with van der Waals surface area (Å²) in [6.45, 7) is 1.56. The van der Waals surface area contributed by atoms with Gasteiger partial charge in [-0.2, -0.15) is 0 Å². The summed E-state index contributed by atoms with van der Waals surface area (Å²) in [6, 6.07) is 9.52. The van der Waals surface area contributed by atoms with Crippen LogP contribution < -0.4 is 9.64 Å². The van der Waals surface area contributed by atoms with Crippen LogP contribution in [0.25, 0.3) is 0 Å². The highest BCUT2D eigenvalue weighted by atomic mass is 19.1. The summed E-state index contributed by atoms with van der Waals surface area (Å²) in [4.78, 5) is 25.7. The first-order chi connectivity index (χ1) is 12.0. The first kappa shape index (κ1) is 18.3. The van der Waals surface area contributed by atoms with Gasteiger partial charge in [0.2, 0.25) is 0 Å². The molecule has 2 aromatic carbocycles. The second kappa shape index (κ2) is 8.14. The van der Waals surface area contributed by atoms with Gasteiger partial charge in [0.15, 0.2) is 6.61 Å². The number of halogens is 1. The summed E-state index contributed by atoms with van der Waals surface area (Å²) in [5.74, 6) is -1.63. The van der Waals surface area contributed by atoms with Gasteiger partial charge in [0.25, 0.3) is 5.91 Å². The van der Waals surface area contributed by atoms with Gasteiger partial charge in [0.05, 0.1) is 7.11 Å². The van der Waals surface area contributed by atoms with Crippen molar-refractivity contribution in [1.29, 1.82) is 0 Å². The van der Waals surface area contributed by atoms with Gasteiger partial charge in [-0.05, 0) is 49.4 Å². The number of carbonyl (C=O) groups excluding carboxylic acids is 2. The topological polar surface area (TPSA) is 76.1 Å². The summed E-state index contributed by atoms with van der Waals surface area (Å²) in [7, 11) is 1.42. The molecule has 0 unspecified atom stereocenters. The fourth-order valence-electron chi connectivity index (χ4n) is 2.21. The van der Waals surface area contributed by atoms with Crippen molar-refractivity contribution in [3.8, 4) is 11.5 Å². The number of methoxy groups -OCH3 is 1. The van der Waals surface area contributed by atoms with Crippen LogP contribution in [0.3, 0.4) is 0 Å². The summed E-state index contributed by atoms with van der Waals surface area (Å²) >= 11 is 0. The molecule has 0 spiro atoms. The Hall–Kier alpha value is -3.09. The van der Waals surface area contributed by atoms with Crippen LogP contribution in [-0.4, -0.2) is 37.2 Å². The van der Waals surface area contributed by atoms with Crippen LogP contribution in [0.4, 0.5) is 10.1 Å². The minimum absolute atomic E-state index is 0.100. The standard InChI is InChI=1S/C18H18FNO5/c1-3-20(13-6-4-12(19)5-7-13)17(22)11-25-18(23)15-10-14(24-2)8-9-16(15)21/h4-10,21H,3,11H2,1-2H3. The number of rotatable bonds is 6. The van der Waals surface area contributed by atoms with E-state index in [0.717, 1.165) is 0 Å². The highest BCUT2D eigenvalue weighted by Crippen LogP contribution is 2.23.